The summed E-state index contributed by atoms with van der Waals surface area (Å²) >= 11 is 0. The lowest BCUT2D eigenvalue weighted by molar-refractivity contribution is -0.384. The molecule has 0 spiro atoms. The number of para-hydroxylation sites is 2. The number of nitrogens with one attached hydrogen (secondary N) is 1. The van der Waals surface area contributed by atoms with Gasteiger partial charge in [0.2, 0.25) is 0 Å². The van der Waals surface area contributed by atoms with Gasteiger partial charge >= 0.3 is 5.97 Å². The van der Waals surface area contributed by atoms with Crippen LogP contribution in [-0.2, 0) is 11.3 Å². The topological polar surface area (TPSA) is 133 Å². The highest BCUT2D eigenvalue weighted by atomic mass is 16.6. The predicted molar refractivity (Wildman–Crippen MR) is 146 cm³/mol. The molecule has 0 fully saturated rings. The van der Waals surface area contributed by atoms with Crippen molar-refractivity contribution >= 4 is 45.6 Å². The first-order chi connectivity index (χ1) is 18.9. The van der Waals surface area contributed by atoms with Crippen LogP contribution in [0.25, 0.3) is 21.8 Å². The summed E-state index contributed by atoms with van der Waals surface area (Å²) in [6.07, 6.45) is 1.44. The second kappa shape index (κ2) is 10.8. The number of benzene rings is 4. The number of esters is 1. The van der Waals surface area contributed by atoms with Crippen LogP contribution in [0.4, 0.5) is 5.69 Å². The van der Waals surface area contributed by atoms with Crippen molar-refractivity contribution in [2.75, 3.05) is 0 Å². The first-order valence-corrected chi connectivity index (χ1v) is 11.8. The van der Waals surface area contributed by atoms with Crippen molar-refractivity contribution in [2.45, 2.75) is 6.54 Å². The largest absolute Gasteiger partial charge is 0.423 e. The van der Waals surface area contributed by atoms with Gasteiger partial charge in [-0.25, -0.2) is 10.2 Å². The summed E-state index contributed by atoms with van der Waals surface area (Å²) in [6, 6.07) is 25.9. The molecule has 0 saturated carbocycles. The maximum absolute atomic E-state index is 12.9. The minimum atomic E-state index is -0.727. The van der Waals surface area contributed by atoms with Crippen LogP contribution < -0.4 is 15.6 Å². The van der Waals surface area contributed by atoms with Gasteiger partial charge in [-0.3, -0.25) is 19.7 Å². The van der Waals surface area contributed by atoms with Crippen LogP contribution in [0.15, 0.2) is 107 Å². The number of non-ortho nitro benzene ring substituents is 1. The molecule has 0 bridgehead atoms. The highest BCUT2D eigenvalue weighted by molar-refractivity contribution is 5.95. The molecule has 1 aromatic heterocycles. The fourth-order valence-corrected chi connectivity index (χ4v) is 4.14. The maximum Gasteiger partial charge on any atom is 0.343 e. The fourth-order valence-electron chi connectivity index (χ4n) is 4.14. The number of fused-ring (bicyclic) bond motifs is 2. The average molecular weight is 521 g/mol. The number of pyridine rings is 1. The quantitative estimate of drug-likeness (QED) is 0.0843. The van der Waals surface area contributed by atoms with E-state index in [2.05, 4.69) is 10.5 Å². The van der Waals surface area contributed by atoms with E-state index in [-0.39, 0.29) is 34.9 Å². The summed E-state index contributed by atoms with van der Waals surface area (Å²) < 4.78 is 7.06. The number of rotatable bonds is 7. The van der Waals surface area contributed by atoms with Crippen molar-refractivity contribution in [2.24, 2.45) is 5.10 Å². The molecule has 4 aromatic carbocycles. The van der Waals surface area contributed by atoms with Crippen molar-refractivity contribution in [3.05, 3.63) is 129 Å². The first kappa shape index (κ1) is 25.0. The van der Waals surface area contributed by atoms with Crippen LogP contribution in [0.3, 0.4) is 0 Å². The van der Waals surface area contributed by atoms with Crippen molar-refractivity contribution in [3.8, 4) is 5.75 Å². The summed E-state index contributed by atoms with van der Waals surface area (Å²) in [5.41, 5.74) is 4.18. The number of hydrogen-bond acceptors (Lipinski definition) is 7. The minimum absolute atomic E-state index is 0.0504. The highest BCUT2D eigenvalue weighted by Crippen LogP contribution is 2.19. The third-order valence-corrected chi connectivity index (χ3v) is 5.97. The molecular weight excluding hydrogens is 500 g/mol. The highest BCUT2D eigenvalue weighted by Gasteiger charge is 2.14. The van der Waals surface area contributed by atoms with E-state index in [1.165, 1.54) is 36.5 Å². The lowest BCUT2D eigenvalue weighted by atomic mass is 10.1. The molecule has 10 nitrogen and oxygen atoms in total. The third-order valence-electron chi connectivity index (χ3n) is 5.97. The molecule has 5 aromatic rings. The molecule has 5 rings (SSSR count). The monoisotopic (exact) mass is 520 g/mol. The Kier molecular flexibility index (Phi) is 6.91. The van der Waals surface area contributed by atoms with Crippen LogP contribution >= 0.6 is 0 Å². The standard InChI is InChI=1S/C29H20N4O6/c34-27(18-32-25-10-3-1-8-23(25)28(35)24-9-2-4-11-26(24)32)31-30-17-19-12-14-22(15-13-19)39-29(36)20-6-5-7-21(16-20)33(37)38/h1-17H,18H2,(H,31,34)/b30-17-. The smallest absolute Gasteiger partial charge is 0.343 e. The molecule has 0 atom stereocenters. The predicted octanol–water partition coefficient (Wildman–Crippen LogP) is 4.43. The molecule has 0 aliphatic heterocycles. The van der Waals surface area contributed by atoms with Crippen molar-refractivity contribution in [1.82, 2.24) is 9.99 Å². The van der Waals surface area contributed by atoms with E-state index in [4.69, 9.17) is 4.74 Å². The Labute approximate surface area is 220 Å². The van der Waals surface area contributed by atoms with Gasteiger partial charge in [-0.15, -0.1) is 0 Å². The molecule has 0 aliphatic carbocycles. The van der Waals surface area contributed by atoms with Crippen molar-refractivity contribution in [1.29, 1.82) is 0 Å². The fraction of sp³-hybridized carbons (Fsp3) is 0.0345. The Morgan fingerprint density at radius 3 is 2.18 bits per heavy atom. The number of nitro groups is 1. The Balaban J connectivity index is 1.25. The molecule has 1 amide bonds. The summed E-state index contributed by atoms with van der Waals surface area (Å²) in [5, 5.41) is 16.0. The average Bonchev–Trinajstić information content (AvgIpc) is 2.96. The number of hydrazone groups is 1. The second-order valence-corrected chi connectivity index (χ2v) is 8.51. The van der Waals surface area contributed by atoms with Crippen LogP contribution in [0.2, 0.25) is 0 Å². The normalized spacial score (nSPS) is 11.1. The van der Waals surface area contributed by atoms with Gasteiger partial charge in [-0.1, -0.05) is 30.3 Å². The number of carbonyl (C=O) groups excluding carboxylic acids is 2. The van der Waals surface area contributed by atoms with Crippen LogP contribution in [0, 0.1) is 10.1 Å². The molecule has 0 radical (unpaired) electrons. The van der Waals surface area contributed by atoms with Gasteiger partial charge in [0.05, 0.1) is 27.7 Å². The number of nitro benzene ring substituents is 1. The zero-order valence-corrected chi connectivity index (χ0v) is 20.3. The third kappa shape index (κ3) is 5.39. The summed E-state index contributed by atoms with van der Waals surface area (Å²) in [7, 11) is 0. The molecule has 1 heterocycles. The summed E-state index contributed by atoms with van der Waals surface area (Å²) in [6.45, 7) is -0.0504. The lowest BCUT2D eigenvalue weighted by Crippen LogP contribution is -2.25. The molecular formula is C29H20N4O6. The van der Waals surface area contributed by atoms with E-state index in [0.717, 1.165) is 6.07 Å². The molecule has 39 heavy (non-hydrogen) atoms. The number of aromatic nitrogens is 1. The molecule has 1 N–H and O–H groups in total. The van der Waals surface area contributed by atoms with Crippen LogP contribution in [0.5, 0.6) is 5.75 Å². The Hall–Kier alpha value is -5.64. The SMILES string of the molecule is O=C(Cn1c2ccccc2c(=O)c2ccccc21)N/N=C\c1ccc(OC(=O)c2cccc([N+](=O)[O-])c2)cc1. The van der Waals surface area contributed by atoms with Gasteiger partial charge < -0.3 is 9.30 Å². The maximum atomic E-state index is 12.9. The number of hydrogen-bond donors (Lipinski definition) is 1. The van der Waals surface area contributed by atoms with E-state index in [9.17, 15) is 24.5 Å². The van der Waals surface area contributed by atoms with Gasteiger partial charge in [0.1, 0.15) is 12.3 Å². The number of carbonyl (C=O) groups is 2. The summed E-state index contributed by atoms with van der Waals surface area (Å²) in [5.74, 6) is -0.868. The van der Waals surface area contributed by atoms with Gasteiger partial charge in [0.15, 0.2) is 5.43 Å². The van der Waals surface area contributed by atoms with Crippen molar-refractivity contribution in [3.63, 3.8) is 0 Å². The van der Waals surface area contributed by atoms with Crippen LogP contribution in [-0.4, -0.2) is 27.6 Å². The van der Waals surface area contributed by atoms with Gasteiger partial charge in [-0.2, -0.15) is 5.10 Å². The minimum Gasteiger partial charge on any atom is -0.423 e. The van der Waals surface area contributed by atoms with Gasteiger partial charge in [0, 0.05) is 22.9 Å². The zero-order valence-electron chi connectivity index (χ0n) is 20.3. The number of amides is 1. The van der Waals surface area contributed by atoms with E-state index in [1.807, 2.05) is 12.1 Å². The molecule has 192 valence electrons. The second-order valence-electron chi connectivity index (χ2n) is 8.51. The molecule has 0 saturated heterocycles. The number of nitrogens with zero attached hydrogens (tertiary/aromatic N) is 3. The molecule has 0 aliphatic rings. The Morgan fingerprint density at radius 1 is 0.897 bits per heavy atom. The Bertz CT molecular complexity index is 1770. The first-order valence-electron chi connectivity index (χ1n) is 11.8. The van der Waals surface area contributed by atoms with Crippen molar-refractivity contribution < 1.29 is 19.2 Å². The van der Waals surface area contributed by atoms with E-state index in [1.54, 1.807) is 53.1 Å². The number of ether oxygens (including phenoxy) is 1. The lowest BCUT2D eigenvalue weighted by Gasteiger charge is -2.14. The van der Waals surface area contributed by atoms with Crippen LogP contribution in [0.1, 0.15) is 15.9 Å². The Morgan fingerprint density at radius 2 is 1.54 bits per heavy atom. The van der Waals surface area contributed by atoms with Gasteiger partial charge in [0.25, 0.3) is 11.6 Å². The van der Waals surface area contributed by atoms with E-state index >= 15 is 0 Å². The molecule has 0 unspecified atom stereocenters. The van der Waals surface area contributed by atoms with E-state index < -0.39 is 10.9 Å². The van der Waals surface area contributed by atoms with Gasteiger partial charge in [-0.05, 0) is 60.2 Å². The molecule has 10 heteroatoms. The van der Waals surface area contributed by atoms with E-state index in [0.29, 0.717) is 27.4 Å². The zero-order chi connectivity index (χ0) is 27.4. The summed E-state index contributed by atoms with van der Waals surface area (Å²) in [4.78, 5) is 48.2.